The Morgan fingerprint density at radius 3 is 2.74 bits per heavy atom. The minimum absolute atomic E-state index is 0.0252. The number of nitrogens with zero attached hydrogens (tertiary/aromatic N) is 2. The molecule has 1 saturated heterocycles. The van der Waals surface area contributed by atoms with Crippen LogP contribution in [-0.4, -0.2) is 62.4 Å². The second-order valence-electron chi connectivity index (χ2n) is 8.41. The standard InChI is InChI=1S/C25H27ClFN3O5/c1-15(28-20-5-3-4-19(26)23(20)27)17-12-16(25(33)29(2)6-9-31)13-18-21(32)14-22(35-24(17)18)30-7-10-34-11-8-30/h3-5,12-15,28,31H,6-11H2,1-2H3. The monoisotopic (exact) mass is 503 g/mol. The molecule has 2 aromatic carbocycles. The fraction of sp³-hybridized carbons (Fsp3) is 0.360. The SMILES string of the molecule is CC(Nc1cccc(Cl)c1F)c1cc(C(=O)N(C)CCO)cc2c(=O)cc(N3CCOCC3)oc12. The number of hydrogen-bond acceptors (Lipinski definition) is 7. The minimum Gasteiger partial charge on any atom is -0.440 e. The van der Waals surface area contributed by atoms with E-state index in [0.29, 0.717) is 43.3 Å². The average Bonchev–Trinajstić information content (AvgIpc) is 2.86. The number of aliphatic hydroxyl groups excluding tert-OH is 1. The first-order valence-corrected chi connectivity index (χ1v) is 11.7. The number of amides is 1. The van der Waals surface area contributed by atoms with E-state index in [1.165, 1.54) is 23.1 Å². The summed E-state index contributed by atoms with van der Waals surface area (Å²) in [6.07, 6.45) is 0. The van der Waals surface area contributed by atoms with Gasteiger partial charge in [-0.2, -0.15) is 0 Å². The minimum atomic E-state index is -0.601. The van der Waals surface area contributed by atoms with Crippen LogP contribution in [0.4, 0.5) is 16.0 Å². The number of halogens is 2. The van der Waals surface area contributed by atoms with Gasteiger partial charge in [-0.05, 0) is 31.2 Å². The number of rotatable bonds is 7. The Kier molecular flexibility index (Phi) is 7.59. The van der Waals surface area contributed by atoms with Gasteiger partial charge < -0.3 is 29.4 Å². The molecule has 2 heterocycles. The molecule has 0 aliphatic carbocycles. The molecule has 0 radical (unpaired) electrons. The summed E-state index contributed by atoms with van der Waals surface area (Å²) in [5.74, 6) is -0.555. The zero-order chi connectivity index (χ0) is 25.1. The van der Waals surface area contributed by atoms with E-state index < -0.39 is 11.9 Å². The average molecular weight is 504 g/mol. The van der Waals surface area contributed by atoms with Crippen molar-refractivity contribution in [1.82, 2.24) is 4.90 Å². The number of morpholine rings is 1. The van der Waals surface area contributed by atoms with Crippen molar-refractivity contribution >= 4 is 40.0 Å². The quantitative estimate of drug-likeness (QED) is 0.508. The van der Waals surface area contributed by atoms with Gasteiger partial charge in [0.05, 0.1) is 42.0 Å². The van der Waals surface area contributed by atoms with Crippen molar-refractivity contribution in [2.45, 2.75) is 13.0 Å². The van der Waals surface area contributed by atoms with Gasteiger partial charge in [-0.3, -0.25) is 9.59 Å². The highest BCUT2D eigenvalue weighted by Gasteiger charge is 2.23. The molecular weight excluding hydrogens is 477 g/mol. The van der Waals surface area contributed by atoms with E-state index in [1.807, 2.05) is 4.90 Å². The van der Waals surface area contributed by atoms with Gasteiger partial charge in [0, 0.05) is 43.9 Å². The van der Waals surface area contributed by atoms with Crippen molar-refractivity contribution in [2.24, 2.45) is 0 Å². The van der Waals surface area contributed by atoms with Gasteiger partial charge in [0.2, 0.25) is 0 Å². The maximum Gasteiger partial charge on any atom is 0.253 e. The molecule has 10 heteroatoms. The summed E-state index contributed by atoms with van der Waals surface area (Å²) in [5.41, 5.74) is 0.959. The van der Waals surface area contributed by atoms with Gasteiger partial charge >= 0.3 is 0 Å². The van der Waals surface area contributed by atoms with E-state index >= 15 is 0 Å². The van der Waals surface area contributed by atoms with Crippen LogP contribution in [0, 0.1) is 5.82 Å². The van der Waals surface area contributed by atoms with E-state index in [0.717, 1.165) is 0 Å². The zero-order valence-corrected chi connectivity index (χ0v) is 20.3. The lowest BCUT2D eigenvalue weighted by Crippen LogP contribution is -2.36. The molecule has 2 N–H and O–H groups in total. The van der Waals surface area contributed by atoms with Crippen molar-refractivity contribution in [2.75, 3.05) is 56.7 Å². The zero-order valence-electron chi connectivity index (χ0n) is 19.5. The number of likely N-dealkylation sites (N-methyl/N-ethyl adjacent to an activating group) is 1. The van der Waals surface area contributed by atoms with Crippen molar-refractivity contribution in [1.29, 1.82) is 0 Å². The summed E-state index contributed by atoms with van der Waals surface area (Å²) >= 11 is 5.94. The van der Waals surface area contributed by atoms with Crippen LogP contribution in [-0.2, 0) is 4.74 Å². The van der Waals surface area contributed by atoms with Gasteiger partial charge in [-0.25, -0.2) is 4.39 Å². The van der Waals surface area contributed by atoms with Crippen LogP contribution in [0.2, 0.25) is 5.02 Å². The van der Waals surface area contributed by atoms with Gasteiger partial charge in [0.25, 0.3) is 5.91 Å². The second-order valence-corrected chi connectivity index (χ2v) is 8.82. The molecule has 0 bridgehead atoms. The lowest BCUT2D eigenvalue weighted by atomic mass is 9.99. The van der Waals surface area contributed by atoms with Crippen LogP contribution in [0.1, 0.15) is 28.9 Å². The molecule has 1 aliphatic heterocycles. The van der Waals surface area contributed by atoms with Crippen molar-refractivity contribution in [3.8, 4) is 0 Å². The Bertz CT molecular complexity index is 1290. The molecule has 8 nitrogen and oxygen atoms in total. The van der Waals surface area contributed by atoms with Gasteiger partial charge in [0.1, 0.15) is 5.58 Å². The van der Waals surface area contributed by atoms with Gasteiger partial charge in [-0.1, -0.05) is 17.7 Å². The number of carbonyl (C=O) groups is 1. The van der Waals surface area contributed by atoms with Crippen LogP contribution >= 0.6 is 11.6 Å². The number of aliphatic hydroxyl groups is 1. The normalized spacial score (nSPS) is 14.7. The van der Waals surface area contributed by atoms with Gasteiger partial charge in [0.15, 0.2) is 17.1 Å². The summed E-state index contributed by atoms with van der Waals surface area (Å²) < 4.78 is 26.2. The molecule has 1 unspecified atom stereocenters. The Morgan fingerprint density at radius 2 is 2.03 bits per heavy atom. The lowest BCUT2D eigenvalue weighted by Gasteiger charge is -2.27. The van der Waals surface area contributed by atoms with Crippen LogP contribution < -0.4 is 15.6 Å². The highest BCUT2D eigenvalue weighted by atomic mass is 35.5. The number of hydrogen-bond donors (Lipinski definition) is 2. The number of fused-ring (bicyclic) bond motifs is 1. The third-order valence-corrected chi connectivity index (χ3v) is 6.28. The van der Waals surface area contributed by atoms with E-state index in [-0.39, 0.29) is 46.1 Å². The molecule has 1 aliphatic rings. The predicted octanol–water partition coefficient (Wildman–Crippen LogP) is 3.66. The molecular formula is C25H27ClFN3O5. The number of nitrogens with one attached hydrogen (secondary N) is 1. The first kappa shape index (κ1) is 25.0. The smallest absolute Gasteiger partial charge is 0.253 e. The van der Waals surface area contributed by atoms with Crippen molar-refractivity contribution in [3.05, 3.63) is 68.6 Å². The molecule has 1 aromatic heterocycles. The predicted molar refractivity (Wildman–Crippen MR) is 133 cm³/mol. The summed E-state index contributed by atoms with van der Waals surface area (Å²) in [7, 11) is 1.56. The van der Waals surface area contributed by atoms with Crippen LogP contribution in [0.5, 0.6) is 0 Å². The van der Waals surface area contributed by atoms with Crippen LogP contribution in [0.25, 0.3) is 11.0 Å². The third kappa shape index (κ3) is 5.27. The number of benzene rings is 2. The number of anilines is 2. The van der Waals surface area contributed by atoms with Gasteiger partial charge in [-0.15, -0.1) is 0 Å². The number of ether oxygens (including phenoxy) is 1. The largest absolute Gasteiger partial charge is 0.440 e. The molecule has 4 rings (SSSR count). The highest BCUT2D eigenvalue weighted by molar-refractivity contribution is 6.31. The maximum atomic E-state index is 14.6. The van der Waals surface area contributed by atoms with E-state index in [9.17, 15) is 19.1 Å². The topological polar surface area (TPSA) is 95.3 Å². The molecule has 1 fully saturated rings. The first-order chi connectivity index (χ1) is 16.8. The molecule has 3 aromatic rings. The molecule has 1 atom stereocenters. The van der Waals surface area contributed by atoms with Crippen molar-refractivity contribution in [3.63, 3.8) is 0 Å². The molecule has 0 spiro atoms. The Balaban J connectivity index is 1.84. The lowest BCUT2D eigenvalue weighted by molar-refractivity contribution is 0.0767. The van der Waals surface area contributed by atoms with E-state index in [2.05, 4.69) is 5.32 Å². The first-order valence-electron chi connectivity index (χ1n) is 11.3. The molecule has 186 valence electrons. The summed E-state index contributed by atoms with van der Waals surface area (Å²) in [6, 6.07) is 8.62. The fourth-order valence-corrected chi connectivity index (χ4v) is 4.23. The summed E-state index contributed by atoms with van der Waals surface area (Å²) in [4.78, 5) is 29.5. The molecule has 1 amide bonds. The molecule has 35 heavy (non-hydrogen) atoms. The number of carbonyl (C=O) groups excluding carboxylic acids is 1. The van der Waals surface area contributed by atoms with E-state index in [1.54, 1.807) is 32.2 Å². The van der Waals surface area contributed by atoms with Crippen LogP contribution in [0.3, 0.4) is 0 Å². The van der Waals surface area contributed by atoms with Crippen molar-refractivity contribution < 1.29 is 23.4 Å². The summed E-state index contributed by atoms with van der Waals surface area (Å²) in [6.45, 7) is 3.92. The Labute approximate surface area is 206 Å². The fourth-order valence-electron chi connectivity index (χ4n) is 4.06. The van der Waals surface area contributed by atoms with Crippen LogP contribution in [0.15, 0.2) is 45.6 Å². The Morgan fingerprint density at radius 1 is 1.29 bits per heavy atom. The Hall–Kier alpha value is -3.14. The maximum absolute atomic E-state index is 14.6. The third-order valence-electron chi connectivity index (χ3n) is 5.99. The second kappa shape index (κ2) is 10.6. The summed E-state index contributed by atoms with van der Waals surface area (Å²) in [5, 5.41) is 12.5. The van der Waals surface area contributed by atoms with E-state index in [4.69, 9.17) is 20.8 Å². The highest BCUT2D eigenvalue weighted by Crippen LogP contribution is 2.32. The molecule has 0 saturated carbocycles.